The zero-order chi connectivity index (χ0) is 15.1. The van der Waals surface area contributed by atoms with Gasteiger partial charge >= 0.3 is 12.3 Å². The first-order valence-electron chi connectivity index (χ1n) is 5.57. The molecule has 0 bridgehead atoms. The number of rotatable bonds is 5. The lowest BCUT2D eigenvalue weighted by molar-refractivity contribution is -0.169. The number of alkyl halides is 3. The standard InChI is InChI=1S/C11H17F3N2O3/c1-10(2,3)19-9(18)16-7-6-15-5-4-8(17)11(12,13)14/h5H,4,6-7H2,1-3H3,(H,16,18). The van der Waals surface area contributed by atoms with E-state index in [-0.39, 0.29) is 13.1 Å². The van der Waals surface area contributed by atoms with Gasteiger partial charge in [0, 0.05) is 12.8 Å². The summed E-state index contributed by atoms with van der Waals surface area (Å²) in [7, 11) is 0. The van der Waals surface area contributed by atoms with Crippen molar-refractivity contribution in [3.05, 3.63) is 0 Å². The summed E-state index contributed by atoms with van der Waals surface area (Å²) in [5.74, 6) is -1.85. The molecule has 8 heteroatoms. The van der Waals surface area contributed by atoms with Crippen LogP contribution >= 0.6 is 0 Å². The van der Waals surface area contributed by atoms with Crippen LogP contribution in [0.3, 0.4) is 0 Å². The molecule has 0 saturated heterocycles. The first kappa shape index (κ1) is 17.4. The predicted molar refractivity (Wildman–Crippen MR) is 63.3 cm³/mol. The van der Waals surface area contributed by atoms with Crippen LogP contribution in [0.25, 0.3) is 0 Å². The second kappa shape index (κ2) is 7.10. The number of hydrogen-bond acceptors (Lipinski definition) is 4. The molecule has 0 heterocycles. The van der Waals surface area contributed by atoms with Crippen molar-refractivity contribution in [1.29, 1.82) is 0 Å². The van der Waals surface area contributed by atoms with E-state index >= 15 is 0 Å². The topological polar surface area (TPSA) is 67.8 Å². The minimum atomic E-state index is -4.83. The average molecular weight is 282 g/mol. The SMILES string of the molecule is CC(C)(C)OC(=O)NCCN=CCC(=O)C(F)(F)F. The Labute approximate surface area is 109 Å². The second-order valence-corrected chi connectivity index (χ2v) is 4.64. The third kappa shape index (κ3) is 10.0. The van der Waals surface area contributed by atoms with Crippen molar-refractivity contribution >= 4 is 18.1 Å². The fraction of sp³-hybridized carbons (Fsp3) is 0.727. The van der Waals surface area contributed by atoms with E-state index in [2.05, 4.69) is 10.3 Å². The van der Waals surface area contributed by atoms with Gasteiger partial charge < -0.3 is 10.1 Å². The molecule has 110 valence electrons. The van der Waals surface area contributed by atoms with Crippen molar-refractivity contribution in [3.63, 3.8) is 0 Å². The van der Waals surface area contributed by atoms with E-state index in [1.165, 1.54) is 0 Å². The molecule has 0 atom stereocenters. The highest BCUT2D eigenvalue weighted by molar-refractivity contribution is 5.94. The van der Waals surface area contributed by atoms with E-state index in [9.17, 15) is 22.8 Å². The quantitative estimate of drug-likeness (QED) is 0.620. The van der Waals surface area contributed by atoms with Crippen LogP contribution in [0.15, 0.2) is 4.99 Å². The third-order valence-electron chi connectivity index (χ3n) is 1.63. The highest BCUT2D eigenvalue weighted by atomic mass is 19.4. The molecule has 0 radical (unpaired) electrons. The molecule has 5 nitrogen and oxygen atoms in total. The number of carbonyl (C=O) groups is 2. The molecule has 0 aliphatic rings. The van der Waals surface area contributed by atoms with Gasteiger partial charge in [0.15, 0.2) is 0 Å². The number of nitrogens with one attached hydrogen (secondary N) is 1. The van der Waals surface area contributed by atoms with E-state index in [1.54, 1.807) is 20.8 Å². The van der Waals surface area contributed by atoms with Gasteiger partial charge in [-0.15, -0.1) is 0 Å². The summed E-state index contributed by atoms with van der Waals surface area (Å²) in [4.78, 5) is 25.2. The third-order valence-corrected chi connectivity index (χ3v) is 1.63. The Kier molecular flexibility index (Phi) is 6.51. The van der Waals surface area contributed by atoms with E-state index in [0.29, 0.717) is 0 Å². The molecule has 0 aromatic rings. The van der Waals surface area contributed by atoms with Crippen molar-refractivity contribution < 1.29 is 27.5 Å². The summed E-state index contributed by atoms with van der Waals surface area (Å²) in [5, 5.41) is 2.38. The lowest BCUT2D eigenvalue weighted by Crippen LogP contribution is -2.33. The Bertz CT molecular complexity index is 346. The zero-order valence-electron chi connectivity index (χ0n) is 11.0. The molecule has 0 aromatic heterocycles. The average Bonchev–Trinajstić information content (AvgIpc) is 2.18. The fourth-order valence-corrected chi connectivity index (χ4v) is 0.891. The van der Waals surface area contributed by atoms with Gasteiger partial charge in [-0.2, -0.15) is 13.2 Å². The van der Waals surface area contributed by atoms with Crippen molar-refractivity contribution in [2.75, 3.05) is 13.1 Å². The zero-order valence-corrected chi connectivity index (χ0v) is 11.0. The first-order valence-corrected chi connectivity index (χ1v) is 5.57. The number of halogens is 3. The Morgan fingerprint density at radius 3 is 2.32 bits per heavy atom. The van der Waals surface area contributed by atoms with Gasteiger partial charge in [-0.05, 0) is 20.8 Å². The van der Waals surface area contributed by atoms with Gasteiger partial charge in [0.2, 0.25) is 5.78 Å². The smallest absolute Gasteiger partial charge is 0.444 e. The molecular formula is C11H17F3N2O3. The molecule has 19 heavy (non-hydrogen) atoms. The van der Waals surface area contributed by atoms with Crippen LogP contribution < -0.4 is 5.32 Å². The number of ketones is 1. The number of aliphatic imine (C=N–C) groups is 1. The summed E-state index contributed by atoms with van der Waals surface area (Å²) >= 11 is 0. The van der Waals surface area contributed by atoms with Crippen LogP contribution in [0.1, 0.15) is 27.2 Å². The number of amides is 1. The maximum absolute atomic E-state index is 11.8. The molecule has 0 saturated carbocycles. The van der Waals surface area contributed by atoms with Crippen LogP contribution in [0.5, 0.6) is 0 Å². The van der Waals surface area contributed by atoms with E-state index in [1.807, 2.05) is 0 Å². The molecule has 0 fully saturated rings. The van der Waals surface area contributed by atoms with Crippen molar-refractivity contribution in [1.82, 2.24) is 5.32 Å². The molecule has 0 aliphatic heterocycles. The lowest BCUT2D eigenvalue weighted by Gasteiger charge is -2.19. The van der Waals surface area contributed by atoms with Gasteiger partial charge in [-0.25, -0.2) is 4.79 Å². The van der Waals surface area contributed by atoms with Gasteiger partial charge in [0.05, 0.1) is 13.0 Å². The van der Waals surface area contributed by atoms with Crippen LogP contribution in [0.4, 0.5) is 18.0 Å². The normalized spacial score (nSPS) is 12.5. The summed E-state index contributed by atoms with van der Waals surface area (Å²) < 4.78 is 40.3. The highest BCUT2D eigenvalue weighted by Crippen LogP contribution is 2.16. The number of hydrogen-bond donors (Lipinski definition) is 1. The minimum Gasteiger partial charge on any atom is -0.444 e. The van der Waals surface area contributed by atoms with Gasteiger partial charge in [-0.3, -0.25) is 9.79 Å². The van der Waals surface area contributed by atoms with Crippen LogP contribution in [-0.4, -0.2) is 43.0 Å². The maximum atomic E-state index is 11.8. The molecule has 1 amide bonds. The number of Topliss-reactive ketones (excluding diaryl/α,β-unsaturated/α-hetero) is 1. The summed E-state index contributed by atoms with van der Waals surface area (Å²) in [5.41, 5.74) is -0.619. The fourth-order valence-electron chi connectivity index (χ4n) is 0.891. The van der Waals surface area contributed by atoms with Crippen molar-refractivity contribution in [2.45, 2.75) is 39.0 Å². The Hall–Kier alpha value is -1.60. The van der Waals surface area contributed by atoms with Gasteiger partial charge in [0.25, 0.3) is 0 Å². The lowest BCUT2D eigenvalue weighted by atomic mass is 10.2. The van der Waals surface area contributed by atoms with E-state index in [0.717, 1.165) is 6.21 Å². The minimum absolute atomic E-state index is 0.0738. The van der Waals surface area contributed by atoms with E-state index in [4.69, 9.17) is 4.74 Å². The Balaban J connectivity index is 3.76. The molecule has 0 spiro atoms. The molecule has 1 N–H and O–H groups in total. The summed E-state index contributed by atoms with van der Waals surface area (Å²) in [6.45, 7) is 5.30. The summed E-state index contributed by atoms with van der Waals surface area (Å²) in [6.07, 6.45) is -5.38. The Morgan fingerprint density at radius 2 is 1.84 bits per heavy atom. The second-order valence-electron chi connectivity index (χ2n) is 4.64. The number of nitrogens with zero attached hydrogens (tertiary/aromatic N) is 1. The van der Waals surface area contributed by atoms with Crippen LogP contribution in [0.2, 0.25) is 0 Å². The van der Waals surface area contributed by atoms with E-state index < -0.39 is 30.1 Å². The van der Waals surface area contributed by atoms with Crippen LogP contribution in [-0.2, 0) is 9.53 Å². The molecule has 0 aromatic carbocycles. The monoisotopic (exact) mass is 282 g/mol. The largest absolute Gasteiger partial charge is 0.450 e. The number of carbonyl (C=O) groups excluding carboxylic acids is 2. The maximum Gasteiger partial charge on any atom is 0.450 e. The van der Waals surface area contributed by atoms with Gasteiger partial charge in [-0.1, -0.05) is 0 Å². The van der Waals surface area contributed by atoms with Crippen LogP contribution in [0, 0.1) is 0 Å². The van der Waals surface area contributed by atoms with Crippen molar-refractivity contribution in [2.24, 2.45) is 4.99 Å². The highest BCUT2D eigenvalue weighted by Gasteiger charge is 2.36. The number of ether oxygens (including phenoxy) is 1. The number of alkyl carbamates (subject to hydrolysis) is 1. The van der Waals surface area contributed by atoms with Gasteiger partial charge in [0.1, 0.15) is 5.60 Å². The first-order chi connectivity index (χ1) is 8.52. The van der Waals surface area contributed by atoms with Crippen molar-refractivity contribution in [3.8, 4) is 0 Å². The molecule has 0 unspecified atom stereocenters. The predicted octanol–water partition coefficient (Wildman–Crippen LogP) is 2.10. The molecule has 0 aliphatic carbocycles. The molecule has 0 rings (SSSR count). The Morgan fingerprint density at radius 1 is 1.26 bits per heavy atom. The summed E-state index contributed by atoms with van der Waals surface area (Å²) in [6, 6.07) is 0. The molecular weight excluding hydrogens is 265 g/mol.